The van der Waals surface area contributed by atoms with E-state index in [4.69, 9.17) is 9.47 Å². The summed E-state index contributed by atoms with van der Waals surface area (Å²) in [7, 11) is 0. The number of likely N-dealkylation sites (tertiary alicyclic amines) is 1. The fourth-order valence-corrected chi connectivity index (χ4v) is 5.11. The van der Waals surface area contributed by atoms with Crippen LogP contribution in [0, 0.1) is 5.92 Å². The van der Waals surface area contributed by atoms with Crippen LogP contribution in [0.25, 0.3) is 11.3 Å². The molecule has 4 rings (SSSR count). The van der Waals surface area contributed by atoms with E-state index in [-0.39, 0.29) is 18.4 Å². The third kappa shape index (κ3) is 8.55. The average Bonchev–Trinajstić information content (AvgIpc) is 3.35. The van der Waals surface area contributed by atoms with Crippen LogP contribution in [0.15, 0.2) is 54.2 Å². The average molecular weight is 537 g/mol. The largest absolute Gasteiger partial charge is 0.494 e. The van der Waals surface area contributed by atoms with E-state index in [0.29, 0.717) is 17.7 Å². The minimum atomic E-state index is -0.460. The molecule has 0 atom stereocenters. The van der Waals surface area contributed by atoms with Gasteiger partial charge >= 0.3 is 6.09 Å². The van der Waals surface area contributed by atoms with Crippen LogP contribution < -0.4 is 10.1 Å². The molecular formula is C29H36N4O4S. The second-order valence-corrected chi connectivity index (χ2v) is 11.4. The number of nitrogens with one attached hydrogen (secondary N) is 1. The van der Waals surface area contributed by atoms with Gasteiger partial charge in [-0.25, -0.2) is 9.78 Å². The highest BCUT2D eigenvalue weighted by Crippen LogP contribution is 2.25. The Hall–Kier alpha value is -3.46. The monoisotopic (exact) mass is 536 g/mol. The molecule has 0 bridgehead atoms. The number of hydrogen-bond acceptors (Lipinski definition) is 7. The van der Waals surface area contributed by atoms with E-state index in [0.717, 1.165) is 61.3 Å². The summed E-state index contributed by atoms with van der Waals surface area (Å²) in [6.45, 7) is 7.80. The SMILES string of the molecule is CC(C)(C)OC(=O)N1CCC(CCCOc2cccc(CC(=O)Nc3nc(-c4ccncc4)cs3)c2)CC1. The number of piperidine rings is 1. The molecule has 2 amide bonds. The Bertz CT molecular complexity index is 1200. The van der Waals surface area contributed by atoms with Gasteiger partial charge < -0.3 is 19.7 Å². The van der Waals surface area contributed by atoms with Gasteiger partial charge in [0.1, 0.15) is 11.4 Å². The molecule has 1 aromatic carbocycles. The summed E-state index contributed by atoms with van der Waals surface area (Å²) in [5.41, 5.74) is 2.21. The number of thiazole rings is 1. The van der Waals surface area contributed by atoms with Gasteiger partial charge in [-0.05, 0) is 82.2 Å². The number of hydrogen-bond donors (Lipinski definition) is 1. The van der Waals surface area contributed by atoms with Gasteiger partial charge in [0, 0.05) is 36.4 Å². The van der Waals surface area contributed by atoms with E-state index in [1.165, 1.54) is 11.3 Å². The van der Waals surface area contributed by atoms with Crippen LogP contribution in [0.3, 0.4) is 0 Å². The Labute approximate surface area is 228 Å². The standard InChI is InChI=1S/C29H36N4O4S/c1-29(2,3)37-28(35)33-15-11-21(12-16-33)7-5-17-36-24-8-4-6-22(18-24)19-26(34)32-27-31-25(20-38-27)23-9-13-30-14-10-23/h4,6,8-10,13-14,18,20-21H,5,7,11-12,15-17,19H2,1-3H3,(H,31,32,34). The Kier molecular flexibility index (Phi) is 9.33. The Morgan fingerprint density at radius 2 is 1.89 bits per heavy atom. The maximum atomic E-state index is 12.6. The van der Waals surface area contributed by atoms with Crippen LogP contribution in [-0.4, -0.2) is 52.2 Å². The quantitative estimate of drug-likeness (QED) is 0.328. The first kappa shape index (κ1) is 27.6. The van der Waals surface area contributed by atoms with Crippen LogP contribution in [0.2, 0.25) is 0 Å². The van der Waals surface area contributed by atoms with Crippen LogP contribution in [0.5, 0.6) is 5.75 Å². The molecule has 1 saturated heterocycles. The van der Waals surface area contributed by atoms with E-state index >= 15 is 0 Å². The highest BCUT2D eigenvalue weighted by atomic mass is 32.1. The number of nitrogens with zero attached hydrogens (tertiary/aromatic N) is 3. The molecular weight excluding hydrogens is 500 g/mol. The lowest BCUT2D eigenvalue weighted by Crippen LogP contribution is -2.41. The molecule has 1 fully saturated rings. The van der Waals surface area contributed by atoms with Crippen LogP contribution in [-0.2, 0) is 16.0 Å². The molecule has 0 aliphatic carbocycles. The van der Waals surface area contributed by atoms with Crippen LogP contribution in [0.4, 0.5) is 9.93 Å². The number of anilines is 1. The zero-order valence-electron chi connectivity index (χ0n) is 22.3. The molecule has 202 valence electrons. The molecule has 3 heterocycles. The molecule has 1 aliphatic rings. The van der Waals surface area contributed by atoms with E-state index in [9.17, 15) is 9.59 Å². The van der Waals surface area contributed by atoms with Gasteiger partial charge in [-0.15, -0.1) is 11.3 Å². The number of carbonyl (C=O) groups excluding carboxylic acids is 2. The summed E-state index contributed by atoms with van der Waals surface area (Å²) in [6.07, 6.45) is 7.48. The molecule has 1 aliphatic heterocycles. The van der Waals surface area contributed by atoms with Crippen molar-refractivity contribution in [2.24, 2.45) is 5.92 Å². The number of aromatic nitrogens is 2. The topological polar surface area (TPSA) is 93.6 Å². The van der Waals surface area contributed by atoms with Crippen molar-refractivity contribution in [3.63, 3.8) is 0 Å². The zero-order valence-corrected chi connectivity index (χ0v) is 23.1. The summed E-state index contributed by atoms with van der Waals surface area (Å²) >= 11 is 1.40. The van der Waals surface area contributed by atoms with E-state index in [1.807, 2.05) is 67.4 Å². The molecule has 3 aromatic rings. The number of amides is 2. The molecule has 38 heavy (non-hydrogen) atoms. The zero-order chi connectivity index (χ0) is 27.0. The Morgan fingerprint density at radius 1 is 1.13 bits per heavy atom. The first-order valence-electron chi connectivity index (χ1n) is 13.1. The number of benzene rings is 1. The van der Waals surface area contributed by atoms with E-state index in [1.54, 1.807) is 12.4 Å². The third-order valence-corrected chi connectivity index (χ3v) is 7.04. The molecule has 8 nitrogen and oxygen atoms in total. The normalized spacial score (nSPS) is 14.2. The van der Waals surface area contributed by atoms with Crippen LogP contribution in [0.1, 0.15) is 52.0 Å². The molecule has 2 aromatic heterocycles. The molecule has 0 saturated carbocycles. The minimum absolute atomic E-state index is 0.115. The molecule has 9 heteroatoms. The van der Waals surface area contributed by atoms with Gasteiger partial charge in [0.2, 0.25) is 5.91 Å². The molecule has 0 unspecified atom stereocenters. The number of pyridine rings is 1. The lowest BCUT2D eigenvalue weighted by molar-refractivity contribution is -0.115. The van der Waals surface area contributed by atoms with E-state index < -0.39 is 5.60 Å². The smallest absolute Gasteiger partial charge is 0.410 e. The van der Waals surface area contributed by atoms with Gasteiger partial charge in [0.15, 0.2) is 5.13 Å². The Morgan fingerprint density at radius 3 is 2.63 bits per heavy atom. The summed E-state index contributed by atoms with van der Waals surface area (Å²) in [6, 6.07) is 11.5. The second-order valence-electron chi connectivity index (χ2n) is 10.5. The first-order chi connectivity index (χ1) is 18.2. The number of carbonyl (C=O) groups is 2. The van der Waals surface area contributed by atoms with Crippen molar-refractivity contribution in [2.75, 3.05) is 25.0 Å². The van der Waals surface area contributed by atoms with Gasteiger partial charge in [-0.1, -0.05) is 12.1 Å². The van der Waals surface area contributed by atoms with Crippen molar-refractivity contribution in [3.8, 4) is 17.0 Å². The number of ether oxygens (including phenoxy) is 2. The van der Waals surface area contributed by atoms with Gasteiger partial charge in [0.05, 0.1) is 18.7 Å². The van der Waals surface area contributed by atoms with E-state index in [2.05, 4.69) is 15.3 Å². The van der Waals surface area contributed by atoms with Crippen molar-refractivity contribution in [3.05, 3.63) is 59.7 Å². The Balaban J connectivity index is 1.16. The van der Waals surface area contributed by atoms with Crippen LogP contribution >= 0.6 is 11.3 Å². The number of rotatable bonds is 9. The maximum Gasteiger partial charge on any atom is 0.410 e. The van der Waals surface area contributed by atoms with Crippen molar-refractivity contribution >= 4 is 28.5 Å². The van der Waals surface area contributed by atoms with Gasteiger partial charge in [-0.3, -0.25) is 9.78 Å². The summed E-state index contributed by atoms with van der Waals surface area (Å²) in [4.78, 5) is 35.2. The lowest BCUT2D eigenvalue weighted by atomic mass is 9.92. The second kappa shape index (κ2) is 12.9. The fourth-order valence-electron chi connectivity index (χ4n) is 4.37. The highest BCUT2D eigenvalue weighted by molar-refractivity contribution is 7.14. The van der Waals surface area contributed by atoms with Gasteiger partial charge in [-0.2, -0.15) is 0 Å². The fraction of sp³-hybridized carbons (Fsp3) is 0.448. The van der Waals surface area contributed by atoms with Crippen molar-refractivity contribution < 1.29 is 19.1 Å². The summed E-state index contributed by atoms with van der Waals surface area (Å²) < 4.78 is 11.5. The summed E-state index contributed by atoms with van der Waals surface area (Å²) in [5, 5.41) is 5.38. The predicted molar refractivity (Wildman–Crippen MR) is 149 cm³/mol. The highest BCUT2D eigenvalue weighted by Gasteiger charge is 2.26. The van der Waals surface area contributed by atoms with Crippen molar-refractivity contribution in [2.45, 2.75) is 58.5 Å². The van der Waals surface area contributed by atoms with Crippen molar-refractivity contribution in [1.82, 2.24) is 14.9 Å². The minimum Gasteiger partial charge on any atom is -0.494 e. The first-order valence-corrected chi connectivity index (χ1v) is 14.0. The van der Waals surface area contributed by atoms with Crippen molar-refractivity contribution in [1.29, 1.82) is 0 Å². The molecule has 1 N–H and O–H groups in total. The van der Waals surface area contributed by atoms with Gasteiger partial charge in [0.25, 0.3) is 0 Å². The predicted octanol–water partition coefficient (Wildman–Crippen LogP) is 6.19. The maximum absolute atomic E-state index is 12.6. The lowest BCUT2D eigenvalue weighted by Gasteiger charge is -2.33. The third-order valence-electron chi connectivity index (χ3n) is 6.28. The summed E-state index contributed by atoms with van der Waals surface area (Å²) in [5.74, 6) is 1.25. The molecule has 0 spiro atoms. The molecule has 0 radical (unpaired) electrons.